The molecule has 1 heterocycles. The summed E-state index contributed by atoms with van der Waals surface area (Å²) < 4.78 is 0. The third kappa shape index (κ3) is 3.31. The fraction of sp³-hybridized carbons (Fsp3) is 0.600. The molecule has 0 spiro atoms. The predicted octanol–water partition coefficient (Wildman–Crippen LogP) is 0.294. The van der Waals surface area contributed by atoms with Gasteiger partial charge in [-0.15, -0.1) is 0 Å². The van der Waals surface area contributed by atoms with E-state index in [1.54, 1.807) is 0 Å². The van der Waals surface area contributed by atoms with Crippen LogP contribution in [0.4, 0.5) is 10.9 Å². The minimum atomic E-state index is -0.285. The molecule has 0 saturated carbocycles. The summed E-state index contributed by atoms with van der Waals surface area (Å²) in [6.45, 7) is 5.81. The average molecular weight is 258 g/mol. The summed E-state index contributed by atoms with van der Waals surface area (Å²) in [6, 6.07) is 0. The first kappa shape index (κ1) is 13.7. The number of carbonyl (C=O) groups is 1. The van der Waals surface area contributed by atoms with Crippen LogP contribution in [-0.4, -0.2) is 42.2 Å². The van der Waals surface area contributed by atoms with Crippen molar-refractivity contribution in [2.75, 3.05) is 36.9 Å². The van der Waals surface area contributed by atoms with Crippen molar-refractivity contribution >= 4 is 28.2 Å². The maximum absolute atomic E-state index is 11.7. The Hall–Kier alpha value is -1.34. The Labute approximate surface area is 104 Å². The first-order valence-electron chi connectivity index (χ1n) is 5.54. The molecular formula is C10H18N4O2S. The fourth-order valence-corrected chi connectivity index (χ4v) is 2.39. The number of aromatic nitrogens is 1. The molecule has 0 fully saturated rings. The normalized spacial score (nSPS) is 10.3. The number of nitrogens with two attached hydrogens (primary N) is 1. The van der Waals surface area contributed by atoms with E-state index in [2.05, 4.69) is 10.3 Å². The lowest BCUT2D eigenvalue weighted by molar-refractivity contribution is 0.0949. The van der Waals surface area contributed by atoms with Crippen molar-refractivity contribution in [2.45, 2.75) is 13.8 Å². The molecule has 1 aromatic heterocycles. The Balaban J connectivity index is 2.84. The van der Waals surface area contributed by atoms with E-state index < -0.39 is 0 Å². The molecule has 0 saturated heterocycles. The van der Waals surface area contributed by atoms with Gasteiger partial charge in [-0.25, -0.2) is 4.98 Å². The van der Waals surface area contributed by atoms with Gasteiger partial charge in [0.2, 0.25) is 0 Å². The molecule has 6 nitrogen and oxygen atoms in total. The second kappa shape index (κ2) is 6.41. The number of thiazole rings is 1. The van der Waals surface area contributed by atoms with Crippen LogP contribution in [0, 0.1) is 0 Å². The Morgan fingerprint density at radius 3 is 2.71 bits per heavy atom. The van der Waals surface area contributed by atoms with E-state index in [1.807, 2.05) is 18.7 Å². The summed E-state index contributed by atoms with van der Waals surface area (Å²) in [5, 5.41) is 11.9. The first-order valence-corrected chi connectivity index (χ1v) is 6.35. The van der Waals surface area contributed by atoms with Gasteiger partial charge in [0.05, 0.1) is 6.61 Å². The SMILES string of the molecule is CCN(CC)c1nc(N)c(C(=O)NCCO)s1. The number of nitrogens with zero attached hydrogens (tertiary/aromatic N) is 2. The van der Waals surface area contributed by atoms with Gasteiger partial charge in [0.15, 0.2) is 5.13 Å². The summed E-state index contributed by atoms with van der Waals surface area (Å²) >= 11 is 1.27. The van der Waals surface area contributed by atoms with E-state index in [-0.39, 0.29) is 24.9 Å². The van der Waals surface area contributed by atoms with Gasteiger partial charge in [0.25, 0.3) is 5.91 Å². The van der Waals surface area contributed by atoms with Crippen LogP contribution in [0.15, 0.2) is 0 Å². The van der Waals surface area contributed by atoms with Gasteiger partial charge in [0, 0.05) is 19.6 Å². The molecule has 4 N–H and O–H groups in total. The van der Waals surface area contributed by atoms with Crippen LogP contribution in [0.5, 0.6) is 0 Å². The molecule has 1 aromatic rings. The molecule has 17 heavy (non-hydrogen) atoms. The number of rotatable bonds is 6. The van der Waals surface area contributed by atoms with Crippen molar-refractivity contribution in [3.63, 3.8) is 0 Å². The number of nitrogen functional groups attached to an aromatic ring is 1. The van der Waals surface area contributed by atoms with Gasteiger partial charge in [0.1, 0.15) is 10.7 Å². The van der Waals surface area contributed by atoms with Crippen molar-refractivity contribution in [1.29, 1.82) is 0 Å². The van der Waals surface area contributed by atoms with Crippen LogP contribution < -0.4 is 16.0 Å². The van der Waals surface area contributed by atoms with Crippen molar-refractivity contribution < 1.29 is 9.90 Å². The number of carbonyl (C=O) groups excluding carboxylic acids is 1. The smallest absolute Gasteiger partial charge is 0.265 e. The molecule has 1 amide bonds. The molecule has 0 atom stereocenters. The number of amides is 1. The Kier molecular flexibility index (Phi) is 5.17. The van der Waals surface area contributed by atoms with Crippen LogP contribution in [0.2, 0.25) is 0 Å². The standard InChI is InChI=1S/C10H18N4O2S/c1-3-14(4-2)10-13-8(11)7(17-10)9(16)12-5-6-15/h15H,3-6,11H2,1-2H3,(H,12,16). The van der Waals surface area contributed by atoms with Crippen LogP contribution in [0.25, 0.3) is 0 Å². The largest absolute Gasteiger partial charge is 0.395 e. The van der Waals surface area contributed by atoms with Crippen molar-refractivity contribution in [3.05, 3.63) is 4.88 Å². The fourth-order valence-electron chi connectivity index (χ4n) is 1.36. The number of hydrogen-bond donors (Lipinski definition) is 3. The van der Waals surface area contributed by atoms with Crippen molar-refractivity contribution in [1.82, 2.24) is 10.3 Å². The summed E-state index contributed by atoms with van der Waals surface area (Å²) in [4.78, 5) is 18.3. The molecule has 1 rings (SSSR count). The number of hydrogen-bond acceptors (Lipinski definition) is 6. The van der Waals surface area contributed by atoms with Crippen LogP contribution in [0.3, 0.4) is 0 Å². The zero-order chi connectivity index (χ0) is 12.8. The Morgan fingerprint density at radius 2 is 2.18 bits per heavy atom. The van der Waals surface area contributed by atoms with Gasteiger partial charge < -0.3 is 21.1 Å². The van der Waals surface area contributed by atoms with E-state index in [9.17, 15) is 4.79 Å². The van der Waals surface area contributed by atoms with Gasteiger partial charge in [-0.05, 0) is 13.8 Å². The van der Waals surface area contributed by atoms with E-state index in [0.717, 1.165) is 18.2 Å². The van der Waals surface area contributed by atoms with Crippen LogP contribution >= 0.6 is 11.3 Å². The van der Waals surface area contributed by atoms with E-state index >= 15 is 0 Å². The lowest BCUT2D eigenvalue weighted by Gasteiger charge is -2.16. The molecule has 0 aliphatic carbocycles. The second-order valence-electron chi connectivity index (χ2n) is 3.36. The Bertz CT molecular complexity index is 376. The highest BCUT2D eigenvalue weighted by molar-refractivity contribution is 7.18. The maximum atomic E-state index is 11.7. The number of nitrogens with one attached hydrogen (secondary N) is 1. The first-order chi connectivity index (χ1) is 8.13. The summed E-state index contributed by atoms with van der Waals surface area (Å²) in [5.41, 5.74) is 5.71. The highest BCUT2D eigenvalue weighted by Crippen LogP contribution is 2.27. The number of aliphatic hydroxyl groups is 1. The summed E-state index contributed by atoms with van der Waals surface area (Å²) in [5.74, 6) is -0.0419. The lowest BCUT2D eigenvalue weighted by atomic mass is 10.4. The molecule has 0 aliphatic heterocycles. The minimum absolute atomic E-state index is 0.0899. The van der Waals surface area contributed by atoms with E-state index in [1.165, 1.54) is 11.3 Å². The molecule has 0 bridgehead atoms. The highest BCUT2D eigenvalue weighted by atomic mass is 32.1. The zero-order valence-corrected chi connectivity index (χ0v) is 10.9. The van der Waals surface area contributed by atoms with Crippen molar-refractivity contribution in [3.8, 4) is 0 Å². The maximum Gasteiger partial charge on any atom is 0.265 e. The molecule has 0 radical (unpaired) electrons. The molecule has 0 aliphatic rings. The van der Waals surface area contributed by atoms with Crippen LogP contribution in [-0.2, 0) is 0 Å². The van der Waals surface area contributed by atoms with Gasteiger partial charge in [-0.2, -0.15) is 0 Å². The Morgan fingerprint density at radius 1 is 1.53 bits per heavy atom. The molecular weight excluding hydrogens is 240 g/mol. The summed E-state index contributed by atoms with van der Waals surface area (Å²) in [6.07, 6.45) is 0. The zero-order valence-electron chi connectivity index (χ0n) is 10.1. The molecule has 96 valence electrons. The van der Waals surface area contributed by atoms with Crippen LogP contribution in [0.1, 0.15) is 23.5 Å². The molecule has 0 aromatic carbocycles. The third-order valence-corrected chi connectivity index (χ3v) is 3.41. The predicted molar refractivity (Wildman–Crippen MR) is 69.5 cm³/mol. The van der Waals surface area contributed by atoms with Gasteiger partial charge in [-0.1, -0.05) is 11.3 Å². The minimum Gasteiger partial charge on any atom is -0.395 e. The number of anilines is 2. The van der Waals surface area contributed by atoms with Gasteiger partial charge in [-0.3, -0.25) is 4.79 Å². The van der Waals surface area contributed by atoms with Gasteiger partial charge >= 0.3 is 0 Å². The van der Waals surface area contributed by atoms with E-state index in [4.69, 9.17) is 10.8 Å². The molecule has 0 unspecified atom stereocenters. The second-order valence-corrected chi connectivity index (χ2v) is 4.34. The monoisotopic (exact) mass is 258 g/mol. The lowest BCUT2D eigenvalue weighted by Crippen LogP contribution is -2.26. The van der Waals surface area contributed by atoms with Crippen molar-refractivity contribution in [2.24, 2.45) is 0 Å². The quantitative estimate of drug-likeness (QED) is 0.682. The third-order valence-electron chi connectivity index (χ3n) is 2.28. The highest BCUT2D eigenvalue weighted by Gasteiger charge is 2.17. The molecule has 7 heteroatoms. The topological polar surface area (TPSA) is 91.5 Å². The van der Waals surface area contributed by atoms with E-state index in [0.29, 0.717) is 4.88 Å². The number of aliphatic hydroxyl groups excluding tert-OH is 1. The summed E-state index contributed by atoms with van der Waals surface area (Å²) in [7, 11) is 0. The average Bonchev–Trinajstić information content (AvgIpc) is 2.70.